The van der Waals surface area contributed by atoms with Crippen molar-refractivity contribution in [1.29, 1.82) is 5.26 Å². The van der Waals surface area contributed by atoms with Crippen LogP contribution in [0, 0.1) is 11.3 Å². The summed E-state index contributed by atoms with van der Waals surface area (Å²) in [5, 5.41) is 21.6. The second-order valence-electron chi connectivity index (χ2n) is 7.64. The van der Waals surface area contributed by atoms with Gasteiger partial charge in [0.1, 0.15) is 11.7 Å². The summed E-state index contributed by atoms with van der Waals surface area (Å²) in [4.78, 5) is 21.6. The van der Waals surface area contributed by atoms with Crippen LogP contribution >= 0.6 is 0 Å². The van der Waals surface area contributed by atoms with Gasteiger partial charge in [0.15, 0.2) is 11.5 Å². The fourth-order valence-corrected chi connectivity index (χ4v) is 4.75. The molecule has 2 unspecified atom stereocenters. The average Bonchev–Trinajstić information content (AvgIpc) is 3.31. The van der Waals surface area contributed by atoms with Gasteiger partial charge in [-0.2, -0.15) is 5.26 Å². The number of primary amides is 1. The molecule has 2 saturated heterocycles. The van der Waals surface area contributed by atoms with E-state index in [-0.39, 0.29) is 6.04 Å². The Hall–Kier alpha value is -3.67. The van der Waals surface area contributed by atoms with Crippen LogP contribution in [0.4, 0.5) is 11.5 Å². The number of nitrogens with zero attached hydrogens (tertiary/aromatic N) is 5. The van der Waals surface area contributed by atoms with Gasteiger partial charge in [-0.05, 0) is 43.9 Å². The molecule has 29 heavy (non-hydrogen) atoms. The monoisotopic (exact) mass is 388 g/mol. The molecule has 2 aliphatic heterocycles. The molecule has 3 aromatic rings. The third-order valence-corrected chi connectivity index (χ3v) is 5.96. The number of aromatic nitrogens is 4. The van der Waals surface area contributed by atoms with Gasteiger partial charge < -0.3 is 20.9 Å². The standard InChI is InChI=1S/C20H20N8O/c21-9-11-1-4-17(27-26-11)28-13-2-3-14(28)8-12(7-13)25-18-15-5-6-23-20(15)24-10-16(18)19(22)29/h1,4-6,10,12-14H,2-3,7-8H2,(H2,22,29)(H2,23,24,25). The van der Waals surface area contributed by atoms with Crippen LogP contribution in [-0.4, -0.2) is 44.2 Å². The zero-order valence-corrected chi connectivity index (χ0v) is 15.7. The van der Waals surface area contributed by atoms with Gasteiger partial charge in [-0.15, -0.1) is 10.2 Å². The van der Waals surface area contributed by atoms with Crippen LogP contribution < -0.4 is 16.0 Å². The fraction of sp³-hybridized carbons (Fsp3) is 0.350. The number of pyridine rings is 1. The number of fused-ring (bicyclic) bond motifs is 3. The molecular formula is C20H20N8O. The van der Waals surface area contributed by atoms with Crippen molar-refractivity contribution in [3.05, 3.63) is 41.9 Å². The van der Waals surface area contributed by atoms with Crippen molar-refractivity contribution in [3.63, 3.8) is 0 Å². The van der Waals surface area contributed by atoms with Gasteiger partial charge in [-0.1, -0.05) is 0 Å². The lowest BCUT2D eigenvalue weighted by Gasteiger charge is -2.40. The number of hydrogen-bond donors (Lipinski definition) is 3. The third-order valence-electron chi connectivity index (χ3n) is 5.96. The van der Waals surface area contributed by atoms with Gasteiger partial charge in [0.2, 0.25) is 0 Å². The Morgan fingerprint density at radius 2 is 2.03 bits per heavy atom. The Kier molecular flexibility index (Phi) is 4.05. The molecule has 4 N–H and O–H groups in total. The van der Waals surface area contributed by atoms with Gasteiger partial charge in [0.25, 0.3) is 5.91 Å². The number of aromatic amines is 1. The summed E-state index contributed by atoms with van der Waals surface area (Å²) in [6, 6.07) is 8.41. The zero-order valence-electron chi connectivity index (χ0n) is 15.7. The average molecular weight is 388 g/mol. The topological polar surface area (TPSA) is 137 Å². The highest BCUT2D eigenvalue weighted by molar-refractivity contribution is 6.06. The van der Waals surface area contributed by atoms with Crippen molar-refractivity contribution in [2.24, 2.45) is 5.73 Å². The molecule has 0 saturated carbocycles. The first-order valence-corrected chi connectivity index (χ1v) is 9.68. The number of anilines is 2. The molecule has 2 aliphatic rings. The van der Waals surface area contributed by atoms with Gasteiger partial charge in [0, 0.05) is 35.9 Å². The highest BCUT2D eigenvalue weighted by Gasteiger charge is 2.41. The number of rotatable bonds is 4. The lowest BCUT2D eigenvalue weighted by atomic mass is 9.96. The van der Waals surface area contributed by atoms with E-state index in [0.717, 1.165) is 48.2 Å². The first-order chi connectivity index (χ1) is 14.1. The molecule has 9 nitrogen and oxygen atoms in total. The molecule has 0 radical (unpaired) electrons. The van der Waals surface area contributed by atoms with E-state index in [2.05, 4.69) is 30.4 Å². The molecule has 1 amide bonds. The minimum Gasteiger partial charge on any atom is -0.381 e. The van der Waals surface area contributed by atoms with Crippen LogP contribution in [0.25, 0.3) is 11.0 Å². The number of nitrogens with two attached hydrogens (primary N) is 1. The lowest BCUT2D eigenvalue weighted by molar-refractivity contribution is 0.100. The van der Waals surface area contributed by atoms with Crippen LogP contribution in [0.1, 0.15) is 41.7 Å². The number of piperidine rings is 1. The van der Waals surface area contributed by atoms with Crippen molar-refractivity contribution >= 4 is 28.4 Å². The first-order valence-electron chi connectivity index (χ1n) is 9.68. The van der Waals surface area contributed by atoms with Crippen LogP contribution in [-0.2, 0) is 0 Å². The fourth-order valence-electron chi connectivity index (χ4n) is 4.75. The Morgan fingerprint density at radius 1 is 1.24 bits per heavy atom. The van der Waals surface area contributed by atoms with E-state index in [0.29, 0.717) is 23.3 Å². The van der Waals surface area contributed by atoms with Crippen molar-refractivity contribution in [2.45, 2.75) is 43.8 Å². The molecule has 0 aromatic carbocycles. The molecule has 2 bridgehead atoms. The summed E-state index contributed by atoms with van der Waals surface area (Å²) in [6.07, 6.45) is 7.35. The van der Waals surface area contributed by atoms with Crippen LogP contribution in [0.5, 0.6) is 0 Å². The smallest absolute Gasteiger partial charge is 0.252 e. The summed E-state index contributed by atoms with van der Waals surface area (Å²) in [5.41, 5.74) is 7.80. The molecule has 2 atom stereocenters. The Labute approximate surface area is 166 Å². The molecule has 3 aromatic heterocycles. The number of amides is 1. The van der Waals surface area contributed by atoms with Gasteiger partial charge in [0.05, 0.1) is 11.3 Å². The molecule has 0 spiro atoms. The molecular weight excluding hydrogens is 368 g/mol. The highest BCUT2D eigenvalue weighted by atomic mass is 16.1. The molecule has 5 heterocycles. The second-order valence-corrected chi connectivity index (χ2v) is 7.64. The number of H-pyrrole nitrogens is 1. The van der Waals surface area contributed by atoms with Gasteiger partial charge in [-0.25, -0.2) is 4.98 Å². The second kappa shape index (κ2) is 6.74. The molecule has 9 heteroatoms. The quantitative estimate of drug-likeness (QED) is 0.621. The minimum atomic E-state index is -0.489. The number of carbonyl (C=O) groups excluding carboxylic acids is 1. The molecule has 0 aliphatic carbocycles. The predicted molar refractivity (Wildman–Crippen MR) is 107 cm³/mol. The highest BCUT2D eigenvalue weighted by Crippen LogP contribution is 2.40. The SMILES string of the molecule is N#Cc1ccc(N2C3CCC2CC(Nc2c(C(N)=O)cnc4[nH]ccc24)C3)nn1. The summed E-state index contributed by atoms with van der Waals surface area (Å²) < 4.78 is 0. The maximum atomic E-state index is 11.9. The summed E-state index contributed by atoms with van der Waals surface area (Å²) >= 11 is 0. The van der Waals surface area contributed by atoms with Crippen molar-refractivity contribution in [3.8, 4) is 6.07 Å². The maximum absolute atomic E-state index is 11.9. The van der Waals surface area contributed by atoms with E-state index in [9.17, 15) is 4.79 Å². The van der Waals surface area contributed by atoms with Crippen LogP contribution in [0.3, 0.4) is 0 Å². The van der Waals surface area contributed by atoms with Gasteiger partial charge >= 0.3 is 0 Å². The predicted octanol–water partition coefficient (Wildman–Crippen LogP) is 1.94. The first kappa shape index (κ1) is 17.4. The number of hydrogen-bond acceptors (Lipinski definition) is 7. The minimum absolute atomic E-state index is 0.216. The number of nitriles is 1. The van der Waals surface area contributed by atoms with Crippen molar-refractivity contribution in [1.82, 2.24) is 20.2 Å². The number of carbonyl (C=O) groups is 1. The maximum Gasteiger partial charge on any atom is 0.252 e. The van der Waals surface area contributed by atoms with E-state index in [1.54, 1.807) is 6.07 Å². The van der Waals surface area contributed by atoms with Crippen LogP contribution in [0.2, 0.25) is 0 Å². The van der Waals surface area contributed by atoms with E-state index in [1.807, 2.05) is 24.4 Å². The Balaban J connectivity index is 1.40. The van der Waals surface area contributed by atoms with E-state index >= 15 is 0 Å². The molecule has 2 fully saturated rings. The van der Waals surface area contributed by atoms with Crippen LogP contribution in [0.15, 0.2) is 30.6 Å². The van der Waals surface area contributed by atoms with Gasteiger partial charge in [-0.3, -0.25) is 4.79 Å². The summed E-state index contributed by atoms with van der Waals surface area (Å²) in [7, 11) is 0. The number of nitrogens with one attached hydrogen (secondary N) is 2. The Morgan fingerprint density at radius 3 is 2.69 bits per heavy atom. The van der Waals surface area contributed by atoms with Crippen molar-refractivity contribution < 1.29 is 4.79 Å². The zero-order chi connectivity index (χ0) is 20.0. The normalized spacial score (nSPS) is 23.1. The largest absolute Gasteiger partial charge is 0.381 e. The van der Waals surface area contributed by atoms with E-state index < -0.39 is 5.91 Å². The third kappa shape index (κ3) is 2.93. The van der Waals surface area contributed by atoms with E-state index in [4.69, 9.17) is 11.0 Å². The van der Waals surface area contributed by atoms with E-state index in [1.165, 1.54) is 6.20 Å². The molecule has 146 valence electrons. The Bertz CT molecular complexity index is 1100. The van der Waals surface area contributed by atoms with Crippen molar-refractivity contribution in [2.75, 3.05) is 10.2 Å². The summed E-state index contributed by atoms with van der Waals surface area (Å²) in [5.74, 6) is 0.334. The summed E-state index contributed by atoms with van der Waals surface area (Å²) in [6.45, 7) is 0. The lowest BCUT2D eigenvalue weighted by Crippen LogP contribution is -2.47. The molecule has 5 rings (SSSR count).